The summed E-state index contributed by atoms with van der Waals surface area (Å²) in [6.45, 7) is 0. The van der Waals surface area contributed by atoms with Crippen LogP contribution in [0.3, 0.4) is 0 Å². The van der Waals surface area contributed by atoms with Crippen molar-refractivity contribution in [2.45, 2.75) is 4.90 Å². The first kappa shape index (κ1) is 13.2. The number of sulfonamides is 1. The summed E-state index contributed by atoms with van der Waals surface area (Å²) < 4.78 is 23.9. The third-order valence-electron chi connectivity index (χ3n) is 1.59. The summed E-state index contributed by atoms with van der Waals surface area (Å²) in [7, 11) is -4.02. The standard InChI is InChI=1S/C7H8N2O4S3/c10-7(11)8(14)9(15)16(12,13)6-4-2-1-3-5-6/h1-5,14-15H,(H,10,11). The number of thiol groups is 2. The van der Waals surface area contributed by atoms with E-state index in [0.29, 0.717) is 0 Å². The zero-order chi connectivity index (χ0) is 12.3. The Kier molecular flexibility index (Phi) is 4.08. The Balaban J connectivity index is 3.09. The number of rotatable bonds is 3. The molecule has 88 valence electrons. The predicted molar refractivity (Wildman–Crippen MR) is 63.3 cm³/mol. The number of hydrogen-bond donors (Lipinski definition) is 3. The van der Waals surface area contributed by atoms with Gasteiger partial charge in [-0.25, -0.2) is 13.2 Å². The minimum absolute atomic E-state index is 0.0784. The van der Waals surface area contributed by atoms with E-state index < -0.39 is 16.1 Å². The first-order valence-corrected chi connectivity index (χ1v) is 6.12. The monoisotopic (exact) mass is 280 g/mol. The minimum Gasteiger partial charge on any atom is -0.463 e. The smallest absolute Gasteiger partial charge is 0.434 e. The van der Waals surface area contributed by atoms with Gasteiger partial charge < -0.3 is 5.11 Å². The highest BCUT2D eigenvalue weighted by molar-refractivity contribution is 8.00. The first-order valence-electron chi connectivity index (χ1n) is 3.88. The molecule has 0 fully saturated rings. The van der Waals surface area contributed by atoms with Crippen molar-refractivity contribution in [3.63, 3.8) is 0 Å². The molecule has 9 heteroatoms. The van der Waals surface area contributed by atoms with Crippen LogP contribution in [-0.2, 0) is 10.0 Å². The van der Waals surface area contributed by atoms with Crippen LogP contribution in [0.25, 0.3) is 0 Å². The normalized spacial score (nSPS) is 11.4. The molecule has 0 spiro atoms. The van der Waals surface area contributed by atoms with E-state index in [2.05, 4.69) is 25.6 Å². The van der Waals surface area contributed by atoms with Gasteiger partial charge in [-0.1, -0.05) is 31.0 Å². The fraction of sp³-hybridized carbons (Fsp3) is 0. The molecule has 0 unspecified atom stereocenters. The van der Waals surface area contributed by atoms with Crippen molar-refractivity contribution >= 4 is 41.7 Å². The number of hydrazine groups is 1. The van der Waals surface area contributed by atoms with E-state index in [1.54, 1.807) is 6.07 Å². The van der Waals surface area contributed by atoms with E-state index in [1.807, 2.05) is 0 Å². The molecule has 0 aliphatic heterocycles. The molecular weight excluding hydrogens is 272 g/mol. The van der Waals surface area contributed by atoms with Gasteiger partial charge in [-0.15, -0.1) is 0 Å². The Morgan fingerprint density at radius 3 is 2.12 bits per heavy atom. The molecule has 0 radical (unpaired) electrons. The Bertz CT molecular complexity index is 476. The van der Waals surface area contributed by atoms with E-state index in [9.17, 15) is 13.2 Å². The summed E-state index contributed by atoms with van der Waals surface area (Å²) in [6.07, 6.45) is -1.56. The van der Waals surface area contributed by atoms with E-state index in [4.69, 9.17) is 5.11 Å². The number of carboxylic acid groups (broad SMARTS) is 1. The third kappa shape index (κ3) is 2.61. The quantitative estimate of drug-likeness (QED) is 0.575. The van der Waals surface area contributed by atoms with E-state index in [1.165, 1.54) is 24.3 Å². The van der Waals surface area contributed by atoms with Crippen molar-refractivity contribution < 1.29 is 18.3 Å². The van der Waals surface area contributed by atoms with Crippen molar-refractivity contribution in [2.24, 2.45) is 0 Å². The van der Waals surface area contributed by atoms with E-state index >= 15 is 0 Å². The highest BCUT2D eigenvalue weighted by atomic mass is 32.3. The molecule has 1 amide bonds. The molecule has 1 aromatic carbocycles. The molecule has 1 N–H and O–H groups in total. The number of amides is 1. The van der Waals surface area contributed by atoms with Crippen LogP contribution >= 0.6 is 25.6 Å². The molecule has 6 nitrogen and oxygen atoms in total. The van der Waals surface area contributed by atoms with E-state index in [-0.39, 0.29) is 13.1 Å². The molecule has 16 heavy (non-hydrogen) atoms. The molecule has 0 saturated carbocycles. The van der Waals surface area contributed by atoms with Crippen LogP contribution in [0.4, 0.5) is 4.79 Å². The first-order chi connectivity index (χ1) is 7.37. The molecule has 0 aliphatic carbocycles. The van der Waals surface area contributed by atoms with Crippen LogP contribution in [-0.4, -0.2) is 27.9 Å². The largest absolute Gasteiger partial charge is 0.463 e. The SMILES string of the molecule is O=C(O)N(S)N(S)S(=O)(=O)c1ccccc1. The highest BCUT2D eigenvalue weighted by Gasteiger charge is 2.28. The van der Waals surface area contributed by atoms with Crippen molar-refractivity contribution in [1.29, 1.82) is 0 Å². The van der Waals surface area contributed by atoms with Crippen molar-refractivity contribution in [1.82, 2.24) is 8.23 Å². The maximum absolute atomic E-state index is 11.8. The lowest BCUT2D eigenvalue weighted by atomic mass is 10.4. The molecule has 0 aliphatic rings. The Morgan fingerprint density at radius 2 is 1.69 bits per heavy atom. The Labute approximate surface area is 104 Å². The van der Waals surface area contributed by atoms with Crippen molar-refractivity contribution in [2.75, 3.05) is 0 Å². The summed E-state index contributed by atoms with van der Waals surface area (Å²) in [6, 6.07) is 7.30. The fourth-order valence-electron chi connectivity index (χ4n) is 0.862. The van der Waals surface area contributed by atoms with Crippen LogP contribution in [0.1, 0.15) is 0 Å². The maximum Gasteiger partial charge on any atom is 0.434 e. The van der Waals surface area contributed by atoms with Gasteiger partial charge in [0.05, 0.1) is 4.90 Å². The second-order valence-corrected chi connectivity index (χ2v) is 5.41. The van der Waals surface area contributed by atoms with Crippen molar-refractivity contribution in [3.05, 3.63) is 30.3 Å². The van der Waals surface area contributed by atoms with Gasteiger partial charge in [-0.2, -0.15) is 4.41 Å². The van der Waals surface area contributed by atoms with Gasteiger partial charge in [0.25, 0.3) is 10.0 Å². The van der Waals surface area contributed by atoms with Crippen LogP contribution in [0.15, 0.2) is 35.2 Å². The van der Waals surface area contributed by atoms with Crippen LogP contribution in [0.2, 0.25) is 0 Å². The average Bonchev–Trinajstić information content (AvgIpc) is 2.28. The molecule has 1 aromatic rings. The van der Waals surface area contributed by atoms with E-state index in [0.717, 1.165) is 0 Å². The lowest BCUT2D eigenvalue weighted by Gasteiger charge is -2.21. The van der Waals surface area contributed by atoms with Crippen molar-refractivity contribution in [3.8, 4) is 0 Å². The van der Waals surface area contributed by atoms with Gasteiger partial charge in [0.2, 0.25) is 0 Å². The fourth-order valence-corrected chi connectivity index (χ4v) is 2.47. The summed E-state index contributed by atoms with van der Waals surface area (Å²) in [5.41, 5.74) is 0. The molecule has 0 saturated heterocycles. The Morgan fingerprint density at radius 1 is 1.19 bits per heavy atom. The summed E-state index contributed by atoms with van der Waals surface area (Å²) in [4.78, 5) is 10.4. The average molecular weight is 280 g/mol. The second-order valence-electron chi connectivity index (χ2n) is 2.61. The minimum atomic E-state index is -4.02. The predicted octanol–water partition coefficient (Wildman–Crippen LogP) is 1.26. The molecule has 0 atom stereocenters. The number of benzene rings is 1. The number of nitrogens with zero attached hydrogens (tertiary/aromatic N) is 2. The van der Waals surface area contributed by atoms with Gasteiger partial charge in [0.1, 0.15) is 0 Å². The lowest BCUT2D eigenvalue weighted by molar-refractivity contribution is 0.155. The highest BCUT2D eigenvalue weighted by Crippen LogP contribution is 2.20. The summed E-state index contributed by atoms with van der Waals surface area (Å²) in [5, 5.41) is 8.56. The molecular formula is C7H8N2O4S3. The molecule has 1 rings (SSSR count). The van der Waals surface area contributed by atoms with Gasteiger partial charge >= 0.3 is 6.09 Å². The van der Waals surface area contributed by atoms with Gasteiger partial charge in [0, 0.05) is 0 Å². The molecule has 0 bridgehead atoms. The zero-order valence-corrected chi connectivity index (χ0v) is 10.4. The second kappa shape index (κ2) is 4.95. The summed E-state index contributed by atoms with van der Waals surface area (Å²) in [5.74, 6) is 0. The van der Waals surface area contributed by atoms with Gasteiger partial charge in [-0.3, -0.25) is 0 Å². The molecule has 0 aromatic heterocycles. The summed E-state index contributed by atoms with van der Waals surface area (Å²) >= 11 is 7.04. The topological polar surface area (TPSA) is 77.9 Å². The lowest BCUT2D eigenvalue weighted by Crippen LogP contribution is -2.37. The van der Waals surface area contributed by atoms with Gasteiger partial charge in [-0.05, 0) is 28.8 Å². The Hall–Kier alpha value is -0.900. The molecule has 0 heterocycles. The maximum atomic E-state index is 11.8. The van der Waals surface area contributed by atoms with Gasteiger partial charge in [0.15, 0.2) is 0 Å². The van der Waals surface area contributed by atoms with Crippen LogP contribution in [0, 0.1) is 0 Å². The number of carbonyl (C=O) groups is 1. The zero-order valence-electron chi connectivity index (χ0n) is 7.76. The number of hydrogen-bond acceptors (Lipinski definition) is 5. The third-order valence-corrected chi connectivity index (χ3v) is 4.49. The van der Waals surface area contributed by atoms with Crippen LogP contribution in [0.5, 0.6) is 0 Å². The van der Waals surface area contributed by atoms with Crippen LogP contribution < -0.4 is 0 Å².